The van der Waals surface area contributed by atoms with E-state index in [1.54, 1.807) is 4.88 Å². The van der Waals surface area contributed by atoms with Crippen LogP contribution in [0.15, 0.2) is 30.3 Å². The topological polar surface area (TPSA) is 12.0 Å². The van der Waals surface area contributed by atoms with Gasteiger partial charge >= 0.3 is 0 Å². The molecule has 2 aromatic rings. The smallest absolute Gasteiger partial charge is 0.0345 e. The Morgan fingerprint density at radius 1 is 1.30 bits per heavy atom. The standard InChI is InChI=1S/C18H25NS/c1-4-10-19-17-12-14(18(17,3)5-2)16-11-13-8-6-7-9-15(13)20-16/h6-9,11,14,17,19H,4-5,10,12H2,1-3H3. The Bertz CT molecular complexity index is 555. The maximum atomic E-state index is 3.75. The van der Waals surface area contributed by atoms with E-state index in [9.17, 15) is 0 Å². The van der Waals surface area contributed by atoms with Crippen molar-refractivity contribution >= 4 is 21.4 Å². The van der Waals surface area contributed by atoms with E-state index >= 15 is 0 Å². The van der Waals surface area contributed by atoms with Crippen LogP contribution in [0.2, 0.25) is 0 Å². The lowest BCUT2D eigenvalue weighted by atomic mass is 9.55. The molecule has 1 N–H and O–H groups in total. The van der Waals surface area contributed by atoms with Crippen molar-refractivity contribution in [3.63, 3.8) is 0 Å². The van der Waals surface area contributed by atoms with Crippen molar-refractivity contribution in [2.75, 3.05) is 6.54 Å². The van der Waals surface area contributed by atoms with Crippen LogP contribution >= 0.6 is 11.3 Å². The molecular weight excluding hydrogens is 262 g/mol. The summed E-state index contributed by atoms with van der Waals surface area (Å²) in [6.45, 7) is 8.22. The highest BCUT2D eigenvalue weighted by molar-refractivity contribution is 7.19. The minimum atomic E-state index is 0.427. The quantitative estimate of drug-likeness (QED) is 0.799. The van der Waals surface area contributed by atoms with Gasteiger partial charge in [0.15, 0.2) is 0 Å². The van der Waals surface area contributed by atoms with Crippen LogP contribution in [0.3, 0.4) is 0 Å². The van der Waals surface area contributed by atoms with E-state index in [0.717, 1.165) is 12.5 Å². The largest absolute Gasteiger partial charge is 0.313 e. The second-order valence-corrected chi connectivity index (χ2v) is 7.46. The van der Waals surface area contributed by atoms with E-state index < -0.39 is 0 Å². The number of nitrogens with one attached hydrogen (secondary N) is 1. The molecule has 2 heteroatoms. The maximum Gasteiger partial charge on any atom is 0.0345 e. The summed E-state index contributed by atoms with van der Waals surface area (Å²) in [4.78, 5) is 1.59. The van der Waals surface area contributed by atoms with Gasteiger partial charge in [0.25, 0.3) is 0 Å². The number of benzene rings is 1. The number of rotatable bonds is 5. The van der Waals surface area contributed by atoms with E-state index in [0.29, 0.717) is 11.5 Å². The zero-order chi connectivity index (χ0) is 14.2. The molecule has 1 aromatic carbocycles. The lowest BCUT2D eigenvalue weighted by Crippen LogP contribution is -2.56. The third kappa shape index (κ3) is 2.19. The summed E-state index contributed by atoms with van der Waals surface area (Å²) in [7, 11) is 0. The molecule has 108 valence electrons. The Balaban J connectivity index is 1.83. The van der Waals surface area contributed by atoms with Crippen LogP contribution in [0.4, 0.5) is 0 Å². The molecule has 0 amide bonds. The van der Waals surface area contributed by atoms with E-state index in [1.165, 1.54) is 29.3 Å². The van der Waals surface area contributed by atoms with Gasteiger partial charge in [-0.1, -0.05) is 39.0 Å². The van der Waals surface area contributed by atoms with Gasteiger partial charge in [0, 0.05) is 21.5 Å². The maximum absolute atomic E-state index is 3.75. The normalized spacial score (nSPS) is 29.6. The summed E-state index contributed by atoms with van der Waals surface area (Å²) < 4.78 is 1.44. The number of thiophene rings is 1. The molecule has 1 aromatic heterocycles. The van der Waals surface area contributed by atoms with Gasteiger partial charge in [-0.15, -0.1) is 11.3 Å². The molecule has 3 atom stereocenters. The van der Waals surface area contributed by atoms with Crippen molar-refractivity contribution in [2.45, 2.75) is 52.0 Å². The molecule has 0 radical (unpaired) electrons. The van der Waals surface area contributed by atoms with Crippen LogP contribution in [0, 0.1) is 5.41 Å². The highest BCUT2D eigenvalue weighted by Gasteiger charge is 2.50. The highest BCUT2D eigenvalue weighted by atomic mass is 32.1. The van der Waals surface area contributed by atoms with Crippen molar-refractivity contribution in [3.8, 4) is 0 Å². The second-order valence-electron chi connectivity index (χ2n) is 6.34. The molecule has 0 aliphatic heterocycles. The molecule has 1 nitrogen and oxygen atoms in total. The molecule has 1 aliphatic carbocycles. The highest BCUT2D eigenvalue weighted by Crippen LogP contribution is 2.56. The van der Waals surface area contributed by atoms with Crippen molar-refractivity contribution in [3.05, 3.63) is 35.2 Å². The zero-order valence-corrected chi connectivity index (χ0v) is 13.6. The number of hydrogen-bond donors (Lipinski definition) is 1. The van der Waals surface area contributed by atoms with Gasteiger partial charge < -0.3 is 5.32 Å². The van der Waals surface area contributed by atoms with E-state index in [2.05, 4.69) is 56.4 Å². The third-order valence-electron chi connectivity index (χ3n) is 5.25. The fourth-order valence-corrected chi connectivity index (χ4v) is 4.94. The Morgan fingerprint density at radius 3 is 2.80 bits per heavy atom. The lowest BCUT2D eigenvalue weighted by molar-refractivity contribution is 0.0465. The summed E-state index contributed by atoms with van der Waals surface area (Å²) >= 11 is 2.00. The Labute approximate surface area is 126 Å². The van der Waals surface area contributed by atoms with E-state index in [-0.39, 0.29) is 0 Å². The minimum Gasteiger partial charge on any atom is -0.313 e. The summed E-state index contributed by atoms with van der Waals surface area (Å²) in [6, 6.07) is 11.9. The van der Waals surface area contributed by atoms with E-state index in [1.807, 2.05) is 11.3 Å². The Morgan fingerprint density at radius 2 is 2.10 bits per heavy atom. The van der Waals surface area contributed by atoms with Crippen molar-refractivity contribution < 1.29 is 0 Å². The average Bonchev–Trinajstić information content (AvgIpc) is 2.88. The van der Waals surface area contributed by atoms with Gasteiger partial charge in [0.05, 0.1) is 0 Å². The molecule has 3 unspecified atom stereocenters. The predicted octanol–water partition coefficient (Wildman–Crippen LogP) is 5.17. The monoisotopic (exact) mass is 287 g/mol. The molecule has 1 fully saturated rings. The molecule has 1 aliphatic rings. The minimum absolute atomic E-state index is 0.427. The first-order chi connectivity index (χ1) is 9.69. The van der Waals surface area contributed by atoms with Crippen molar-refractivity contribution in [1.82, 2.24) is 5.32 Å². The van der Waals surface area contributed by atoms with Gasteiger partial charge in [0.1, 0.15) is 0 Å². The fraction of sp³-hybridized carbons (Fsp3) is 0.556. The first-order valence-electron chi connectivity index (χ1n) is 7.91. The first kappa shape index (κ1) is 14.1. The number of hydrogen-bond acceptors (Lipinski definition) is 2. The van der Waals surface area contributed by atoms with Crippen molar-refractivity contribution in [1.29, 1.82) is 0 Å². The molecule has 1 heterocycles. The Hall–Kier alpha value is -0.860. The fourth-order valence-electron chi connectivity index (χ4n) is 3.60. The van der Waals surface area contributed by atoms with Crippen LogP contribution in [0.5, 0.6) is 0 Å². The van der Waals surface area contributed by atoms with Crippen LogP contribution in [-0.4, -0.2) is 12.6 Å². The van der Waals surface area contributed by atoms with Gasteiger partial charge in [-0.25, -0.2) is 0 Å². The zero-order valence-electron chi connectivity index (χ0n) is 12.8. The van der Waals surface area contributed by atoms with Crippen LogP contribution < -0.4 is 5.32 Å². The summed E-state index contributed by atoms with van der Waals surface area (Å²) in [6.07, 6.45) is 3.79. The first-order valence-corrected chi connectivity index (χ1v) is 8.72. The summed E-state index contributed by atoms with van der Waals surface area (Å²) in [5.74, 6) is 0.735. The Kier molecular flexibility index (Phi) is 3.87. The van der Waals surface area contributed by atoms with Gasteiger partial charge in [-0.3, -0.25) is 0 Å². The molecule has 1 saturated carbocycles. The second kappa shape index (κ2) is 5.50. The molecule has 0 bridgehead atoms. The molecule has 3 rings (SSSR count). The van der Waals surface area contributed by atoms with Gasteiger partial charge in [-0.2, -0.15) is 0 Å². The number of fused-ring (bicyclic) bond motifs is 1. The SMILES string of the molecule is CCCNC1CC(c2cc3ccccc3s2)C1(C)CC. The van der Waals surface area contributed by atoms with Gasteiger partial charge in [-0.05, 0) is 48.7 Å². The molecule has 0 saturated heterocycles. The van der Waals surface area contributed by atoms with Crippen LogP contribution in [0.25, 0.3) is 10.1 Å². The predicted molar refractivity (Wildman–Crippen MR) is 89.7 cm³/mol. The van der Waals surface area contributed by atoms with E-state index in [4.69, 9.17) is 0 Å². The van der Waals surface area contributed by atoms with Crippen LogP contribution in [0.1, 0.15) is 50.8 Å². The molecular formula is C18H25NS. The van der Waals surface area contributed by atoms with Crippen molar-refractivity contribution in [2.24, 2.45) is 5.41 Å². The summed E-state index contributed by atoms with van der Waals surface area (Å²) in [5.41, 5.74) is 0.427. The molecule has 0 spiro atoms. The lowest BCUT2D eigenvalue weighted by Gasteiger charge is -2.54. The van der Waals surface area contributed by atoms with Gasteiger partial charge in [0.2, 0.25) is 0 Å². The third-order valence-corrected chi connectivity index (χ3v) is 6.48. The van der Waals surface area contributed by atoms with Crippen LogP contribution in [-0.2, 0) is 0 Å². The summed E-state index contributed by atoms with van der Waals surface area (Å²) in [5, 5.41) is 5.16. The molecule has 20 heavy (non-hydrogen) atoms. The average molecular weight is 287 g/mol.